The highest BCUT2D eigenvalue weighted by Gasteiger charge is 2.23. The number of hydrogen-bond acceptors (Lipinski definition) is 3. The molecule has 0 bridgehead atoms. The maximum atomic E-state index is 5.65. The van der Waals surface area contributed by atoms with Gasteiger partial charge in [-0.3, -0.25) is 4.99 Å². The van der Waals surface area contributed by atoms with Gasteiger partial charge in [0.1, 0.15) is 0 Å². The van der Waals surface area contributed by atoms with E-state index in [0.29, 0.717) is 18.0 Å². The van der Waals surface area contributed by atoms with Gasteiger partial charge in [-0.15, -0.1) is 0 Å². The zero-order chi connectivity index (χ0) is 7.72. The maximum absolute atomic E-state index is 5.65. The van der Waals surface area contributed by atoms with Crippen molar-refractivity contribution < 1.29 is 0 Å². The summed E-state index contributed by atoms with van der Waals surface area (Å²) in [6.45, 7) is 7.25. The molecular formula is C7H15N3. The Balaban J connectivity index is 2.64. The topological polar surface area (TPSA) is 41.6 Å². The second-order valence-corrected chi connectivity index (χ2v) is 3.05. The highest BCUT2D eigenvalue weighted by Crippen LogP contribution is 2.10. The number of nitrogens with zero attached hydrogens (tertiary/aromatic N) is 2. The van der Waals surface area contributed by atoms with Crippen LogP contribution in [0.2, 0.25) is 0 Å². The average molecular weight is 141 g/mol. The van der Waals surface area contributed by atoms with Gasteiger partial charge in [-0.2, -0.15) is 0 Å². The fourth-order valence-corrected chi connectivity index (χ4v) is 1.39. The smallest absolute Gasteiger partial charge is 0.191 e. The van der Waals surface area contributed by atoms with Crippen LogP contribution >= 0.6 is 0 Å². The van der Waals surface area contributed by atoms with Crippen molar-refractivity contribution in [3.8, 4) is 0 Å². The first-order valence-corrected chi connectivity index (χ1v) is 3.71. The minimum atomic E-state index is 0.473. The molecule has 1 rings (SSSR count). The lowest BCUT2D eigenvalue weighted by molar-refractivity contribution is 0.302. The van der Waals surface area contributed by atoms with Gasteiger partial charge in [0.25, 0.3) is 0 Å². The van der Waals surface area contributed by atoms with Crippen molar-refractivity contribution in [3.63, 3.8) is 0 Å². The Kier molecular flexibility index (Phi) is 1.83. The van der Waals surface area contributed by atoms with Gasteiger partial charge in [0.15, 0.2) is 5.96 Å². The maximum Gasteiger partial charge on any atom is 0.191 e. The fraction of sp³-hybridized carbons (Fsp3) is 0.857. The molecule has 0 aromatic heterocycles. The summed E-state index contributed by atoms with van der Waals surface area (Å²) < 4.78 is 0. The van der Waals surface area contributed by atoms with Gasteiger partial charge in [0.2, 0.25) is 0 Å². The SMILES string of the molecule is CC(C)N1C(N)=NCC1C. The third kappa shape index (κ3) is 1.08. The van der Waals surface area contributed by atoms with Crippen LogP contribution in [0.3, 0.4) is 0 Å². The lowest BCUT2D eigenvalue weighted by Crippen LogP contribution is -2.43. The number of guanidine groups is 1. The van der Waals surface area contributed by atoms with Gasteiger partial charge in [-0.1, -0.05) is 0 Å². The van der Waals surface area contributed by atoms with E-state index >= 15 is 0 Å². The number of aliphatic imine (C=N–C) groups is 1. The fourth-order valence-electron chi connectivity index (χ4n) is 1.39. The van der Waals surface area contributed by atoms with Gasteiger partial charge in [0, 0.05) is 12.1 Å². The summed E-state index contributed by atoms with van der Waals surface area (Å²) in [7, 11) is 0. The third-order valence-electron chi connectivity index (χ3n) is 1.81. The Morgan fingerprint density at radius 1 is 1.70 bits per heavy atom. The Hall–Kier alpha value is -0.730. The molecule has 0 saturated heterocycles. The van der Waals surface area contributed by atoms with Crippen LogP contribution in [0.1, 0.15) is 20.8 Å². The van der Waals surface area contributed by atoms with Gasteiger partial charge in [-0.05, 0) is 20.8 Å². The van der Waals surface area contributed by atoms with E-state index in [1.807, 2.05) is 0 Å². The molecular weight excluding hydrogens is 126 g/mol. The average Bonchev–Trinajstić information content (AvgIpc) is 2.11. The lowest BCUT2D eigenvalue weighted by atomic mass is 10.2. The van der Waals surface area contributed by atoms with Crippen molar-refractivity contribution in [2.24, 2.45) is 10.7 Å². The molecule has 1 aliphatic rings. The lowest BCUT2D eigenvalue weighted by Gasteiger charge is -2.27. The Morgan fingerprint density at radius 2 is 2.30 bits per heavy atom. The summed E-state index contributed by atoms with van der Waals surface area (Å²) in [6, 6.07) is 0.959. The molecule has 0 saturated carbocycles. The van der Waals surface area contributed by atoms with Crippen LogP contribution in [0.25, 0.3) is 0 Å². The third-order valence-corrected chi connectivity index (χ3v) is 1.81. The molecule has 0 aromatic carbocycles. The molecule has 0 amide bonds. The zero-order valence-corrected chi connectivity index (χ0v) is 6.83. The van der Waals surface area contributed by atoms with E-state index in [0.717, 1.165) is 6.54 Å². The predicted octanol–water partition coefficient (Wildman–Crippen LogP) is 0.414. The summed E-state index contributed by atoms with van der Waals surface area (Å²) in [5.74, 6) is 0.697. The summed E-state index contributed by atoms with van der Waals surface area (Å²) in [5.41, 5.74) is 5.65. The van der Waals surface area contributed by atoms with Crippen LogP contribution in [-0.4, -0.2) is 29.5 Å². The van der Waals surface area contributed by atoms with E-state index in [-0.39, 0.29) is 0 Å². The van der Waals surface area contributed by atoms with Gasteiger partial charge < -0.3 is 10.6 Å². The molecule has 1 aliphatic heterocycles. The van der Waals surface area contributed by atoms with Crippen molar-refractivity contribution in [1.29, 1.82) is 0 Å². The summed E-state index contributed by atoms with van der Waals surface area (Å²) in [5, 5.41) is 0. The molecule has 3 nitrogen and oxygen atoms in total. The quantitative estimate of drug-likeness (QED) is 0.574. The molecule has 2 N–H and O–H groups in total. The van der Waals surface area contributed by atoms with E-state index in [4.69, 9.17) is 5.73 Å². The standard InChI is InChI=1S/C7H15N3/c1-5(2)10-6(3)4-9-7(10)8/h5-6H,4H2,1-3H3,(H2,8,9). The molecule has 58 valence electrons. The first-order chi connectivity index (χ1) is 4.63. The van der Waals surface area contributed by atoms with E-state index in [2.05, 4.69) is 30.7 Å². The van der Waals surface area contributed by atoms with Crippen molar-refractivity contribution in [2.75, 3.05) is 6.54 Å². The summed E-state index contributed by atoms with van der Waals surface area (Å²) in [6.07, 6.45) is 0. The molecule has 1 atom stereocenters. The molecule has 0 aromatic rings. The van der Waals surface area contributed by atoms with E-state index < -0.39 is 0 Å². The monoisotopic (exact) mass is 141 g/mol. The van der Waals surface area contributed by atoms with Crippen molar-refractivity contribution in [1.82, 2.24) is 4.90 Å². The van der Waals surface area contributed by atoms with Crippen LogP contribution in [0.5, 0.6) is 0 Å². The van der Waals surface area contributed by atoms with Crippen molar-refractivity contribution >= 4 is 5.96 Å². The van der Waals surface area contributed by atoms with Crippen molar-refractivity contribution in [3.05, 3.63) is 0 Å². The number of rotatable bonds is 1. The second kappa shape index (κ2) is 2.48. The van der Waals surface area contributed by atoms with E-state index in [9.17, 15) is 0 Å². The predicted molar refractivity (Wildman–Crippen MR) is 42.9 cm³/mol. The van der Waals surface area contributed by atoms with Gasteiger partial charge in [-0.25, -0.2) is 0 Å². The van der Waals surface area contributed by atoms with Crippen LogP contribution < -0.4 is 5.73 Å². The minimum absolute atomic E-state index is 0.473. The molecule has 0 spiro atoms. The molecule has 1 heterocycles. The van der Waals surface area contributed by atoms with E-state index in [1.54, 1.807) is 0 Å². The molecule has 0 radical (unpaired) electrons. The number of nitrogens with two attached hydrogens (primary N) is 1. The highest BCUT2D eigenvalue weighted by atomic mass is 15.3. The normalized spacial score (nSPS) is 25.8. The van der Waals surface area contributed by atoms with Crippen LogP contribution in [0.4, 0.5) is 0 Å². The molecule has 0 aliphatic carbocycles. The first kappa shape index (κ1) is 7.38. The summed E-state index contributed by atoms with van der Waals surface area (Å²) in [4.78, 5) is 6.28. The number of hydrogen-bond donors (Lipinski definition) is 1. The molecule has 1 unspecified atom stereocenters. The Morgan fingerprint density at radius 3 is 2.50 bits per heavy atom. The van der Waals surface area contributed by atoms with Crippen LogP contribution in [0.15, 0.2) is 4.99 Å². The van der Waals surface area contributed by atoms with E-state index in [1.165, 1.54) is 0 Å². The largest absolute Gasteiger partial charge is 0.370 e. The zero-order valence-electron chi connectivity index (χ0n) is 6.83. The minimum Gasteiger partial charge on any atom is -0.370 e. The highest BCUT2D eigenvalue weighted by molar-refractivity contribution is 5.80. The Bertz CT molecular complexity index is 151. The van der Waals surface area contributed by atoms with Gasteiger partial charge in [0.05, 0.1) is 6.54 Å². The Labute approximate surface area is 61.9 Å². The summed E-state index contributed by atoms with van der Waals surface area (Å²) >= 11 is 0. The van der Waals surface area contributed by atoms with Crippen molar-refractivity contribution in [2.45, 2.75) is 32.9 Å². The van der Waals surface area contributed by atoms with Crippen LogP contribution in [-0.2, 0) is 0 Å². The molecule has 10 heavy (non-hydrogen) atoms. The van der Waals surface area contributed by atoms with Crippen LogP contribution in [0, 0.1) is 0 Å². The van der Waals surface area contributed by atoms with Gasteiger partial charge >= 0.3 is 0 Å². The second-order valence-electron chi connectivity index (χ2n) is 3.05. The molecule has 3 heteroatoms. The first-order valence-electron chi connectivity index (χ1n) is 3.71. The molecule has 0 fully saturated rings.